The molecule has 1 atom stereocenters. The van der Waals surface area contributed by atoms with Crippen LogP contribution in [0.2, 0.25) is 0 Å². The summed E-state index contributed by atoms with van der Waals surface area (Å²) < 4.78 is 25.6. The van der Waals surface area contributed by atoms with Crippen LogP contribution in [-0.4, -0.2) is 77.2 Å². The van der Waals surface area contributed by atoms with Crippen molar-refractivity contribution in [3.8, 4) is 28.8 Å². The fourth-order valence-corrected chi connectivity index (χ4v) is 7.97. The molecule has 0 spiro atoms. The summed E-state index contributed by atoms with van der Waals surface area (Å²) in [5.41, 5.74) is 5.08. The number of methoxy groups -OCH3 is 1. The van der Waals surface area contributed by atoms with E-state index in [0.717, 1.165) is 90.0 Å². The zero-order valence-electron chi connectivity index (χ0n) is 33.2. The molecule has 0 bridgehead atoms. The third-order valence-corrected chi connectivity index (χ3v) is 11.8. The van der Waals surface area contributed by atoms with Crippen molar-refractivity contribution in [2.24, 2.45) is 5.92 Å². The molecular formula is C46H53N7O5. The summed E-state index contributed by atoms with van der Waals surface area (Å²) in [5, 5.41) is 12.8. The van der Waals surface area contributed by atoms with Crippen molar-refractivity contribution in [1.82, 2.24) is 24.6 Å². The van der Waals surface area contributed by atoms with E-state index in [2.05, 4.69) is 58.6 Å². The molecule has 2 aromatic heterocycles. The molecule has 58 heavy (non-hydrogen) atoms. The number of amides is 2. The Hall–Kier alpha value is -5.98. The van der Waals surface area contributed by atoms with Gasteiger partial charge in [-0.25, -0.2) is 14.5 Å². The third-order valence-electron chi connectivity index (χ3n) is 11.8. The van der Waals surface area contributed by atoms with Crippen molar-refractivity contribution < 1.29 is 26.6 Å². The highest BCUT2D eigenvalue weighted by Gasteiger charge is 2.71. The van der Waals surface area contributed by atoms with E-state index in [1.165, 1.54) is 12.8 Å². The van der Waals surface area contributed by atoms with Gasteiger partial charge in [-0.15, -0.1) is 0 Å². The Morgan fingerprint density at radius 1 is 0.966 bits per heavy atom. The highest BCUT2D eigenvalue weighted by Crippen LogP contribution is 2.75. The molecule has 1 unspecified atom stereocenters. The van der Waals surface area contributed by atoms with Gasteiger partial charge >= 0.3 is 6.03 Å². The summed E-state index contributed by atoms with van der Waals surface area (Å²) in [7, 11) is 1.68. The van der Waals surface area contributed by atoms with E-state index < -0.39 is 0 Å². The maximum absolute atomic E-state index is 13.6. The van der Waals surface area contributed by atoms with Crippen molar-refractivity contribution in [3.05, 3.63) is 120 Å². The van der Waals surface area contributed by atoms with E-state index in [1.54, 1.807) is 19.4 Å². The van der Waals surface area contributed by atoms with Gasteiger partial charge in [-0.3, -0.25) is 10.2 Å². The molecule has 4 aromatic carbocycles. The lowest BCUT2D eigenvalue weighted by Gasteiger charge is -2.26. The number of morpholine rings is 1. The molecule has 2 aliphatic carbocycles. The lowest BCUT2D eigenvalue weighted by molar-refractivity contribution is 0.0322. The minimum absolute atomic E-state index is 0. The van der Waals surface area contributed by atoms with Gasteiger partial charge in [-0.1, -0.05) is 48.9 Å². The Labute approximate surface area is 341 Å². The van der Waals surface area contributed by atoms with Gasteiger partial charge in [-0.2, -0.15) is 10.1 Å². The third kappa shape index (κ3) is 8.07. The Balaban J connectivity index is 0.00000272. The summed E-state index contributed by atoms with van der Waals surface area (Å²) >= 11 is 0. The lowest BCUT2D eigenvalue weighted by Crippen LogP contribution is -2.38. The number of carbonyl (C=O) groups is 1. The van der Waals surface area contributed by atoms with Gasteiger partial charge in [0, 0.05) is 69.5 Å². The Morgan fingerprint density at radius 2 is 1.74 bits per heavy atom. The van der Waals surface area contributed by atoms with Crippen LogP contribution in [0.4, 0.5) is 16.3 Å². The smallest absolute Gasteiger partial charge is 0.324 e. The van der Waals surface area contributed by atoms with E-state index in [9.17, 15) is 4.79 Å². The number of carbonyl (C=O) groups excluding carboxylic acids is 1. The average Bonchev–Trinajstić information content (AvgIpc) is 4.10. The molecule has 2 amide bonds. The molecular weight excluding hydrogens is 731 g/mol. The fraction of sp³-hybridized carbons (Fsp3) is 0.348. The Kier molecular flexibility index (Phi) is 10.4. The van der Waals surface area contributed by atoms with Gasteiger partial charge in [-0.05, 0) is 80.0 Å². The zero-order chi connectivity index (χ0) is 39.6. The van der Waals surface area contributed by atoms with Crippen LogP contribution < -0.4 is 24.8 Å². The summed E-state index contributed by atoms with van der Waals surface area (Å²) in [6.45, 7) is 9.05. The normalized spacial score (nSPS) is 18.9. The number of nitrogens with zero attached hydrogens (tertiary/aromatic N) is 5. The average molecular weight is 784 g/mol. The van der Waals surface area contributed by atoms with Gasteiger partial charge in [0.2, 0.25) is 5.88 Å². The molecule has 3 aliphatic rings. The number of anilines is 2. The molecule has 0 radical (unpaired) electrons. The number of hydrogen-bond donors (Lipinski definition) is 2. The molecule has 9 rings (SSSR count). The highest BCUT2D eigenvalue weighted by molar-refractivity contribution is 6.07. The predicted octanol–water partition coefficient (Wildman–Crippen LogP) is 9.17. The Morgan fingerprint density at radius 3 is 2.50 bits per heavy atom. The molecule has 12 nitrogen and oxygen atoms in total. The van der Waals surface area contributed by atoms with Crippen LogP contribution in [-0.2, 0) is 16.6 Å². The highest BCUT2D eigenvalue weighted by atomic mass is 16.5. The van der Waals surface area contributed by atoms with Crippen molar-refractivity contribution in [2.45, 2.75) is 50.9 Å². The number of urea groups is 1. The molecule has 12 heteroatoms. The molecule has 302 valence electrons. The summed E-state index contributed by atoms with van der Waals surface area (Å²) in [6, 6.07) is 29.3. The first-order valence-electron chi connectivity index (χ1n) is 20.3. The van der Waals surface area contributed by atoms with Gasteiger partial charge in [0.25, 0.3) is 0 Å². The number of rotatable bonds is 15. The molecule has 2 N–H and O–H groups in total. The monoisotopic (exact) mass is 783 g/mol. The standard InChI is InChI=1S/C46H49N7O5.2H2/c1-4-31(32-23-35(55-3)26-36(24-32)57-22-19-52-17-20-56-21-18-52)25-42-47-16-15-44(49-42)58-40-14-13-39(37-7-5-6-8-38(37)40)48-45(54)50-43-27-41(46-28-33(46)29-46)51-53(43)34-11-9-30(2)10-12-34;;/h5-16,23-24,26-27,31,33H,4,17-22,25,28-29H2,1-3H3,(H2,48,50,54);2*1H. The molecule has 6 aromatic rings. The molecule has 3 heterocycles. The second-order valence-electron chi connectivity index (χ2n) is 15.6. The largest absolute Gasteiger partial charge is 0.497 e. The number of nitrogens with one attached hydrogen (secondary N) is 2. The fourth-order valence-electron chi connectivity index (χ4n) is 7.97. The van der Waals surface area contributed by atoms with E-state index in [0.29, 0.717) is 42.0 Å². The van der Waals surface area contributed by atoms with Crippen LogP contribution in [0, 0.1) is 12.8 Å². The molecule has 2 saturated carbocycles. The van der Waals surface area contributed by atoms with E-state index in [-0.39, 0.29) is 20.2 Å². The Bertz CT molecular complexity index is 2430. The first-order chi connectivity index (χ1) is 28.4. The van der Waals surface area contributed by atoms with E-state index in [1.807, 2.05) is 65.3 Å². The van der Waals surface area contributed by atoms with Crippen LogP contribution >= 0.6 is 0 Å². The van der Waals surface area contributed by atoms with E-state index >= 15 is 0 Å². The minimum Gasteiger partial charge on any atom is -0.497 e. The maximum Gasteiger partial charge on any atom is 0.324 e. The molecule has 1 saturated heterocycles. The van der Waals surface area contributed by atoms with Gasteiger partial charge in [0.05, 0.1) is 37.4 Å². The van der Waals surface area contributed by atoms with Gasteiger partial charge in [0.15, 0.2) is 0 Å². The van der Waals surface area contributed by atoms with Crippen LogP contribution in [0.3, 0.4) is 0 Å². The molecule has 3 fully saturated rings. The number of fused-ring (bicyclic) bond motifs is 2. The lowest BCUT2D eigenvalue weighted by atomic mass is 9.92. The van der Waals surface area contributed by atoms with Crippen LogP contribution in [0.1, 0.15) is 57.6 Å². The second-order valence-corrected chi connectivity index (χ2v) is 15.6. The van der Waals surface area contributed by atoms with Crippen molar-refractivity contribution in [2.75, 3.05) is 57.2 Å². The summed E-state index contributed by atoms with van der Waals surface area (Å²) in [5.74, 6) is 4.77. The number of ether oxygens (including phenoxy) is 4. The number of hydrogen-bond acceptors (Lipinski definition) is 9. The maximum atomic E-state index is 13.6. The van der Waals surface area contributed by atoms with Crippen molar-refractivity contribution >= 4 is 28.3 Å². The first kappa shape index (κ1) is 37.6. The van der Waals surface area contributed by atoms with Gasteiger partial charge in [0.1, 0.15) is 35.5 Å². The summed E-state index contributed by atoms with van der Waals surface area (Å²) in [6.07, 6.45) is 5.57. The summed E-state index contributed by atoms with van der Waals surface area (Å²) in [4.78, 5) is 25.4. The van der Waals surface area contributed by atoms with Crippen LogP contribution in [0.15, 0.2) is 97.2 Å². The van der Waals surface area contributed by atoms with Crippen LogP contribution in [0.5, 0.6) is 23.1 Å². The van der Waals surface area contributed by atoms with Crippen molar-refractivity contribution in [1.29, 1.82) is 0 Å². The SMILES string of the molecule is CCC(Cc1nccc(Oc2ccc(NC(=O)Nc3cc(C45CC4C5)nn3-c3ccc(C)cc3)c3ccccc23)n1)c1cc(OC)cc(OCCN2CCOCC2)c1.[HH].[HH]. The zero-order valence-corrected chi connectivity index (χ0v) is 33.2. The number of aromatic nitrogens is 4. The first-order valence-corrected chi connectivity index (χ1v) is 20.3. The van der Waals surface area contributed by atoms with Gasteiger partial charge < -0.3 is 24.3 Å². The predicted molar refractivity (Wildman–Crippen MR) is 228 cm³/mol. The second kappa shape index (κ2) is 16.1. The van der Waals surface area contributed by atoms with Crippen molar-refractivity contribution in [3.63, 3.8) is 0 Å². The quantitative estimate of drug-likeness (QED) is 0.105. The van der Waals surface area contributed by atoms with E-state index in [4.69, 9.17) is 29.0 Å². The number of aryl methyl sites for hydroxylation is 1. The number of benzene rings is 4. The minimum atomic E-state index is -0.354. The van der Waals surface area contributed by atoms with Crippen LogP contribution in [0.25, 0.3) is 16.5 Å². The molecule has 1 aliphatic heterocycles. The topological polar surface area (TPSA) is 125 Å².